The third kappa shape index (κ3) is 3.47. The lowest BCUT2D eigenvalue weighted by Gasteiger charge is -2.40. The number of hydrogen-bond donors (Lipinski definition) is 1. The van der Waals surface area contributed by atoms with Crippen LogP contribution in [-0.4, -0.2) is 50.8 Å². The first-order valence-electron chi connectivity index (χ1n) is 7.91. The van der Waals surface area contributed by atoms with Gasteiger partial charge in [-0.3, -0.25) is 4.79 Å². The van der Waals surface area contributed by atoms with Crippen molar-refractivity contribution < 1.29 is 19.2 Å². The summed E-state index contributed by atoms with van der Waals surface area (Å²) in [4.78, 5) is 18.0. The molecular weight excluding hydrogens is 286 g/mol. The zero-order valence-corrected chi connectivity index (χ0v) is 13.1. The molecule has 1 aliphatic heterocycles. The molecule has 0 radical (unpaired) electrons. The normalized spacial score (nSPS) is 21.5. The summed E-state index contributed by atoms with van der Waals surface area (Å²) >= 11 is 0. The molecule has 2 heterocycles. The number of ether oxygens (including phenoxy) is 1. The summed E-state index contributed by atoms with van der Waals surface area (Å²) in [5, 5.41) is 14.0. The van der Waals surface area contributed by atoms with E-state index in [2.05, 4.69) is 10.1 Å². The van der Waals surface area contributed by atoms with Gasteiger partial charge in [0.15, 0.2) is 5.82 Å². The molecule has 0 spiro atoms. The number of rotatable bonds is 7. The summed E-state index contributed by atoms with van der Waals surface area (Å²) in [6, 6.07) is 0. The second-order valence-corrected chi connectivity index (χ2v) is 6.50. The summed E-state index contributed by atoms with van der Waals surface area (Å²) < 4.78 is 10.7. The molecule has 1 atom stereocenters. The van der Waals surface area contributed by atoms with Crippen LogP contribution in [0, 0.1) is 5.92 Å². The van der Waals surface area contributed by atoms with Gasteiger partial charge in [-0.05, 0) is 25.7 Å². The Balaban J connectivity index is 1.37. The molecule has 122 valence electrons. The first kappa shape index (κ1) is 15.4. The van der Waals surface area contributed by atoms with Crippen LogP contribution in [0.4, 0.5) is 0 Å². The van der Waals surface area contributed by atoms with Crippen LogP contribution in [0.2, 0.25) is 0 Å². The molecule has 7 heteroatoms. The van der Waals surface area contributed by atoms with Gasteiger partial charge < -0.3 is 19.3 Å². The number of amides is 1. The summed E-state index contributed by atoms with van der Waals surface area (Å²) in [6.07, 6.45) is 2.99. The molecule has 0 bridgehead atoms. The van der Waals surface area contributed by atoms with E-state index in [1.54, 1.807) is 11.8 Å². The molecule has 22 heavy (non-hydrogen) atoms. The molecule has 2 aliphatic rings. The maximum Gasteiger partial charge on any atom is 0.252 e. The van der Waals surface area contributed by atoms with Crippen molar-refractivity contribution in [3.63, 3.8) is 0 Å². The highest BCUT2D eigenvalue weighted by Crippen LogP contribution is 2.41. The van der Waals surface area contributed by atoms with E-state index >= 15 is 0 Å². The highest BCUT2D eigenvalue weighted by Gasteiger charge is 2.43. The average Bonchev–Trinajstić information content (AvgIpc) is 3.18. The minimum Gasteiger partial charge on any atom is -0.389 e. The zero-order valence-electron chi connectivity index (χ0n) is 13.1. The average molecular weight is 309 g/mol. The monoisotopic (exact) mass is 309 g/mol. The Bertz CT molecular complexity index is 533. The third-order valence-corrected chi connectivity index (χ3v) is 4.44. The quantitative estimate of drug-likeness (QED) is 0.805. The topological polar surface area (TPSA) is 88.7 Å². The smallest absolute Gasteiger partial charge is 0.252 e. The molecule has 1 aromatic heterocycles. The van der Waals surface area contributed by atoms with E-state index in [0.717, 1.165) is 19.3 Å². The van der Waals surface area contributed by atoms with Gasteiger partial charge in [0.25, 0.3) is 5.89 Å². The first-order chi connectivity index (χ1) is 10.5. The lowest BCUT2D eigenvalue weighted by Crippen LogP contribution is -2.56. The number of aliphatic hydroxyl groups is 1. The molecule has 1 unspecified atom stereocenters. The largest absolute Gasteiger partial charge is 0.389 e. The van der Waals surface area contributed by atoms with Gasteiger partial charge in [0.1, 0.15) is 6.61 Å². The van der Waals surface area contributed by atoms with Gasteiger partial charge in [-0.25, -0.2) is 0 Å². The molecule has 7 nitrogen and oxygen atoms in total. The van der Waals surface area contributed by atoms with Gasteiger partial charge in [0.2, 0.25) is 5.91 Å². The van der Waals surface area contributed by atoms with Crippen LogP contribution in [-0.2, 0) is 22.6 Å². The number of likely N-dealkylation sites (tertiary alicyclic amines) is 1. The Morgan fingerprint density at radius 2 is 2.23 bits per heavy atom. The Morgan fingerprint density at radius 1 is 1.50 bits per heavy atom. The second kappa shape index (κ2) is 5.96. The predicted molar refractivity (Wildman–Crippen MR) is 76.8 cm³/mol. The number of aromatic nitrogens is 2. The Kier molecular flexibility index (Phi) is 4.18. The van der Waals surface area contributed by atoms with Gasteiger partial charge in [0, 0.05) is 19.5 Å². The third-order valence-electron chi connectivity index (χ3n) is 4.44. The van der Waals surface area contributed by atoms with Gasteiger partial charge >= 0.3 is 0 Å². The Labute approximate surface area is 129 Å². The molecule has 1 N–H and O–H groups in total. The van der Waals surface area contributed by atoms with E-state index in [0.29, 0.717) is 24.8 Å². The van der Waals surface area contributed by atoms with Crippen molar-refractivity contribution in [2.24, 2.45) is 5.92 Å². The minimum atomic E-state index is -0.858. The zero-order chi connectivity index (χ0) is 15.7. The first-order valence-corrected chi connectivity index (χ1v) is 7.91. The van der Waals surface area contributed by atoms with Crippen molar-refractivity contribution in [2.75, 3.05) is 13.1 Å². The fraction of sp³-hybridized carbons (Fsp3) is 0.800. The maximum absolute atomic E-state index is 12.1. The highest BCUT2D eigenvalue weighted by atomic mass is 16.5. The van der Waals surface area contributed by atoms with Crippen LogP contribution in [0.25, 0.3) is 0 Å². The van der Waals surface area contributed by atoms with Crippen LogP contribution in [0.3, 0.4) is 0 Å². The molecule has 3 rings (SSSR count). The molecule has 1 aliphatic carbocycles. The SMILES string of the molecule is CCc1noc(COC2CN(C(=O)CC(C)(O)C3CC3)C2)n1. The van der Waals surface area contributed by atoms with E-state index in [1.165, 1.54) is 0 Å². The lowest BCUT2D eigenvalue weighted by molar-refractivity contribution is -0.151. The van der Waals surface area contributed by atoms with Crippen LogP contribution in [0.5, 0.6) is 0 Å². The molecule has 1 saturated carbocycles. The van der Waals surface area contributed by atoms with E-state index in [-0.39, 0.29) is 31.0 Å². The maximum atomic E-state index is 12.1. The molecule has 2 fully saturated rings. The molecule has 1 saturated heterocycles. The number of carbonyl (C=O) groups excluding carboxylic acids is 1. The van der Waals surface area contributed by atoms with Crippen molar-refractivity contribution in [1.29, 1.82) is 0 Å². The lowest BCUT2D eigenvalue weighted by atomic mass is 9.94. The number of carbonyl (C=O) groups is 1. The van der Waals surface area contributed by atoms with Crippen LogP contribution < -0.4 is 0 Å². The summed E-state index contributed by atoms with van der Waals surface area (Å²) in [7, 11) is 0. The predicted octanol–water partition coefficient (Wildman–Crippen LogP) is 0.910. The van der Waals surface area contributed by atoms with E-state index in [1.807, 2.05) is 6.92 Å². The Hall–Kier alpha value is -1.47. The summed E-state index contributed by atoms with van der Waals surface area (Å²) in [5.74, 6) is 1.43. The van der Waals surface area contributed by atoms with Gasteiger partial charge in [-0.1, -0.05) is 12.1 Å². The van der Waals surface area contributed by atoms with Crippen LogP contribution in [0.1, 0.15) is 44.8 Å². The van der Waals surface area contributed by atoms with Gasteiger partial charge in [-0.2, -0.15) is 4.98 Å². The standard InChI is InChI=1S/C15H23N3O4/c1-3-12-16-13(22-17-12)9-21-11-7-18(8-11)14(19)6-15(2,20)10-4-5-10/h10-11,20H,3-9H2,1-2H3. The minimum absolute atomic E-state index is 0.00260. The van der Waals surface area contributed by atoms with Crippen molar-refractivity contribution >= 4 is 5.91 Å². The van der Waals surface area contributed by atoms with Crippen LogP contribution >= 0.6 is 0 Å². The molecule has 0 aromatic carbocycles. The van der Waals surface area contributed by atoms with Gasteiger partial charge in [0.05, 0.1) is 18.1 Å². The van der Waals surface area contributed by atoms with E-state index < -0.39 is 5.60 Å². The molecule has 1 aromatic rings. The van der Waals surface area contributed by atoms with Crippen molar-refractivity contribution in [2.45, 2.75) is 57.8 Å². The number of aryl methyl sites for hydroxylation is 1. The Morgan fingerprint density at radius 3 is 2.82 bits per heavy atom. The van der Waals surface area contributed by atoms with Crippen LogP contribution in [0.15, 0.2) is 4.52 Å². The van der Waals surface area contributed by atoms with Crippen molar-refractivity contribution in [3.05, 3.63) is 11.7 Å². The number of nitrogens with zero attached hydrogens (tertiary/aromatic N) is 3. The second-order valence-electron chi connectivity index (χ2n) is 6.50. The fourth-order valence-electron chi connectivity index (χ4n) is 2.70. The highest BCUT2D eigenvalue weighted by molar-refractivity contribution is 5.78. The fourth-order valence-corrected chi connectivity index (χ4v) is 2.70. The van der Waals surface area contributed by atoms with Crippen molar-refractivity contribution in [3.8, 4) is 0 Å². The number of hydrogen-bond acceptors (Lipinski definition) is 6. The summed E-state index contributed by atoms with van der Waals surface area (Å²) in [5.41, 5.74) is -0.858. The van der Waals surface area contributed by atoms with E-state index in [4.69, 9.17) is 9.26 Å². The summed E-state index contributed by atoms with van der Waals surface area (Å²) in [6.45, 7) is 5.13. The molecular formula is C15H23N3O4. The molecule has 1 amide bonds. The van der Waals surface area contributed by atoms with Gasteiger partial charge in [-0.15, -0.1) is 0 Å². The van der Waals surface area contributed by atoms with Crippen molar-refractivity contribution in [1.82, 2.24) is 15.0 Å². The van der Waals surface area contributed by atoms with E-state index in [9.17, 15) is 9.90 Å².